The standard InChI is InChI=1S/C22H27F3N2O4S/c1-2-17-10-5-6-13-27(17)15-18(31-21(28)22(23,24)25)14-26-32(29,30)20-12-7-9-16-8-3-4-11-19(16)20/h3-4,7-9,11-12,17-18,26H,2,5-6,10,13-15H2,1H3/t17?,18-/m0/s1. The predicted octanol–water partition coefficient (Wildman–Crippen LogP) is 3.86. The van der Waals surface area contributed by atoms with Gasteiger partial charge >= 0.3 is 12.1 Å². The summed E-state index contributed by atoms with van der Waals surface area (Å²) in [5.41, 5.74) is 0. The van der Waals surface area contributed by atoms with E-state index in [0.29, 0.717) is 11.9 Å². The van der Waals surface area contributed by atoms with Gasteiger partial charge in [0.1, 0.15) is 6.10 Å². The Labute approximate surface area is 185 Å². The molecular formula is C22H27F3N2O4S. The molecule has 0 aromatic heterocycles. The first-order valence-electron chi connectivity index (χ1n) is 10.6. The number of nitrogens with zero attached hydrogens (tertiary/aromatic N) is 1. The van der Waals surface area contributed by atoms with Gasteiger partial charge in [0.2, 0.25) is 10.0 Å². The quantitative estimate of drug-likeness (QED) is 0.591. The maximum absolute atomic E-state index is 13.0. The maximum atomic E-state index is 13.0. The van der Waals surface area contributed by atoms with E-state index in [-0.39, 0.29) is 17.5 Å². The number of ether oxygens (including phenoxy) is 1. The fourth-order valence-electron chi connectivity index (χ4n) is 4.10. The van der Waals surface area contributed by atoms with E-state index < -0.39 is 34.8 Å². The minimum atomic E-state index is -5.15. The minimum Gasteiger partial charge on any atom is -0.453 e. The third kappa shape index (κ3) is 5.99. The van der Waals surface area contributed by atoms with Crippen LogP contribution in [0.4, 0.5) is 13.2 Å². The van der Waals surface area contributed by atoms with Crippen LogP contribution in [0.5, 0.6) is 0 Å². The first kappa shape index (κ1) is 24.5. The van der Waals surface area contributed by atoms with E-state index in [1.165, 1.54) is 6.07 Å². The highest BCUT2D eigenvalue weighted by atomic mass is 32.2. The van der Waals surface area contributed by atoms with E-state index in [4.69, 9.17) is 4.74 Å². The summed E-state index contributed by atoms with van der Waals surface area (Å²) >= 11 is 0. The number of halogens is 3. The lowest BCUT2D eigenvalue weighted by atomic mass is 9.99. The summed E-state index contributed by atoms with van der Waals surface area (Å²) in [4.78, 5) is 13.5. The van der Waals surface area contributed by atoms with Crippen molar-refractivity contribution in [3.8, 4) is 0 Å². The average Bonchev–Trinajstić information content (AvgIpc) is 2.76. The molecule has 1 aliphatic heterocycles. The van der Waals surface area contributed by atoms with Gasteiger partial charge in [-0.1, -0.05) is 49.7 Å². The fraction of sp³-hybridized carbons (Fsp3) is 0.500. The highest BCUT2D eigenvalue weighted by Gasteiger charge is 2.43. The number of carbonyl (C=O) groups is 1. The summed E-state index contributed by atoms with van der Waals surface area (Å²) in [5, 5.41) is 1.21. The molecule has 2 aromatic rings. The van der Waals surface area contributed by atoms with E-state index in [2.05, 4.69) is 4.72 Å². The number of likely N-dealkylation sites (tertiary alicyclic amines) is 1. The van der Waals surface area contributed by atoms with Crippen LogP contribution in [0.25, 0.3) is 10.8 Å². The number of esters is 1. The molecule has 0 amide bonds. The molecule has 1 fully saturated rings. The first-order chi connectivity index (χ1) is 15.1. The highest BCUT2D eigenvalue weighted by Crippen LogP contribution is 2.24. The van der Waals surface area contributed by atoms with Gasteiger partial charge in [0, 0.05) is 24.5 Å². The van der Waals surface area contributed by atoms with Crippen molar-refractivity contribution in [2.45, 2.75) is 55.8 Å². The van der Waals surface area contributed by atoms with Crippen LogP contribution >= 0.6 is 0 Å². The number of rotatable bonds is 8. The van der Waals surface area contributed by atoms with E-state index in [1.54, 1.807) is 36.4 Å². The number of hydrogen-bond acceptors (Lipinski definition) is 5. The molecule has 1 heterocycles. The second kappa shape index (κ2) is 10.2. The number of fused-ring (bicyclic) bond motifs is 1. The van der Waals surface area contributed by atoms with Gasteiger partial charge in [-0.2, -0.15) is 13.2 Å². The molecule has 6 nitrogen and oxygen atoms in total. The molecule has 1 aliphatic rings. The van der Waals surface area contributed by atoms with Crippen LogP contribution in [0.3, 0.4) is 0 Å². The molecule has 1 saturated heterocycles. The normalized spacial score (nSPS) is 19.1. The SMILES string of the molecule is CCC1CCCCN1C[C@H](CNS(=O)(=O)c1cccc2ccccc12)OC(=O)C(F)(F)F. The van der Waals surface area contributed by atoms with Gasteiger partial charge in [0.25, 0.3) is 0 Å². The smallest absolute Gasteiger partial charge is 0.453 e. The zero-order valence-corrected chi connectivity index (χ0v) is 18.6. The lowest BCUT2D eigenvalue weighted by Gasteiger charge is -2.37. The van der Waals surface area contributed by atoms with Crippen molar-refractivity contribution < 1.29 is 31.1 Å². The number of sulfonamides is 1. The Balaban J connectivity index is 1.79. The summed E-state index contributed by atoms with van der Waals surface area (Å²) in [7, 11) is -4.05. The van der Waals surface area contributed by atoms with Crippen LogP contribution in [-0.2, 0) is 19.6 Å². The van der Waals surface area contributed by atoms with Crippen molar-refractivity contribution in [1.82, 2.24) is 9.62 Å². The topological polar surface area (TPSA) is 75.7 Å². The second-order valence-corrected chi connectivity index (χ2v) is 9.64. The molecule has 0 spiro atoms. The van der Waals surface area contributed by atoms with Crippen LogP contribution < -0.4 is 4.72 Å². The van der Waals surface area contributed by atoms with Gasteiger partial charge < -0.3 is 4.74 Å². The third-order valence-electron chi connectivity index (χ3n) is 5.70. The summed E-state index contributed by atoms with van der Waals surface area (Å²) in [6, 6.07) is 11.9. The van der Waals surface area contributed by atoms with E-state index in [0.717, 1.165) is 31.1 Å². The molecule has 10 heteroatoms. The number of piperidine rings is 1. The molecule has 0 radical (unpaired) electrons. The Kier molecular flexibility index (Phi) is 7.79. The summed E-state index contributed by atoms with van der Waals surface area (Å²) in [5.74, 6) is -2.32. The van der Waals surface area contributed by atoms with Crippen molar-refractivity contribution in [3.63, 3.8) is 0 Å². The fourth-order valence-corrected chi connectivity index (χ4v) is 5.39. The summed E-state index contributed by atoms with van der Waals surface area (Å²) in [6.45, 7) is 2.22. The maximum Gasteiger partial charge on any atom is 0.490 e. The molecular weight excluding hydrogens is 445 g/mol. The lowest BCUT2D eigenvalue weighted by Crippen LogP contribution is -2.48. The molecule has 0 bridgehead atoms. The van der Waals surface area contributed by atoms with Gasteiger partial charge in [-0.15, -0.1) is 0 Å². The zero-order chi connectivity index (χ0) is 23.4. The lowest BCUT2D eigenvalue weighted by molar-refractivity contribution is -0.205. The van der Waals surface area contributed by atoms with Crippen LogP contribution in [0.2, 0.25) is 0 Å². The van der Waals surface area contributed by atoms with Gasteiger partial charge in [-0.05, 0) is 37.3 Å². The minimum absolute atomic E-state index is 0.0147. The Hall–Kier alpha value is -2.17. The van der Waals surface area contributed by atoms with E-state index >= 15 is 0 Å². The Bertz CT molecular complexity index is 1040. The van der Waals surface area contributed by atoms with Crippen molar-refractivity contribution in [2.24, 2.45) is 0 Å². The molecule has 1 N–H and O–H groups in total. The summed E-state index contributed by atoms with van der Waals surface area (Å²) in [6.07, 6.45) is -2.81. The number of hydrogen-bond donors (Lipinski definition) is 1. The van der Waals surface area contributed by atoms with Gasteiger partial charge in [0.05, 0.1) is 4.90 Å². The van der Waals surface area contributed by atoms with E-state index in [9.17, 15) is 26.4 Å². The Morgan fingerprint density at radius 3 is 2.62 bits per heavy atom. The second-order valence-electron chi connectivity index (χ2n) is 7.91. The van der Waals surface area contributed by atoms with Gasteiger partial charge in [-0.25, -0.2) is 17.9 Å². The largest absolute Gasteiger partial charge is 0.490 e. The first-order valence-corrected chi connectivity index (χ1v) is 12.1. The molecule has 0 aliphatic carbocycles. The van der Waals surface area contributed by atoms with Gasteiger partial charge in [-0.3, -0.25) is 4.90 Å². The Morgan fingerprint density at radius 1 is 1.19 bits per heavy atom. The number of alkyl halides is 3. The van der Waals surface area contributed by atoms with Crippen molar-refractivity contribution in [3.05, 3.63) is 42.5 Å². The molecule has 1 unspecified atom stereocenters. The highest BCUT2D eigenvalue weighted by molar-refractivity contribution is 7.89. The van der Waals surface area contributed by atoms with Crippen LogP contribution in [0.1, 0.15) is 32.6 Å². The molecule has 2 atom stereocenters. The molecule has 2 aromatic carbocycles. The molecule has 32 heavy (non-hydrogen) atoms. The number of benzene rings is 2. The number of nitrogens with one attached hydrogen (secondary N) is 1. The van der Waals surface area contributed by atoms with Crippen LogP contribution in [-0.4, -0.2) is 57.2 Å². The zero-order valence-electron chi connectivity index (χ0n) is 17.8. The average molecular weight is 473 g/mol. The monoisotopic (exact) mass is 472 g/mol. The van der Waals surface area contributed by atoms with Crippen molar-refractivity contribution >= 4 is 26.8 Å². The molecule has 0 saturated carbocycles. The van der Waals surface area contributed by atoms with E-state index in [1.807, 2.05) is 11.8 Å². The predicted molar refractivity (Wildman–Crippen MR) is 115 cm³/mol. The number of carbonyl (C=O) groups excluding carboxylic acids is 1. The van der Waals surface area contributed by atoms with Crippen LogP contribution in [0, 0.1) is 0 Å². The Morgan fingerprint density at radius 2 is 1.91 bits per heavy atom. The third-order valence-corrected chi connectivity index (χ3v) is 7.19. The van der Waals surface area contributed by atoms with Crippen molar-refractivity contribution in [2.75, 3.05) is 19.6 Å². The van der Waals surface area contributed by atoms with Crippen molar-refractivity contribution in [1.29, 1.82) is 0 Å². The molecule has 176 valence electrons. The van der Waals surface area contributed by atoms with Gasteiger partial charge in [0.15, 0.2) is 0 Å². The summed E-state index contributed by atoms with van der Waals surface area (Å²) < 4.78 is 71.4. The van der Waals surface area contributed by atoms with Crippen LogP contribution in [0.15, 0.2) is 47.4 Å². The molecule has 3 rings (SSSR count).